The van der Waals surface area contributed by atoms with Crippen molar-refractivity contribution in [2.24, 2.45) is 0 Å². The van der Waals surface area contributed by atoms with Crippen molar-refractivity contribution in [1.82, 2.24) is 24.8 Å². The van der Waals surface area contributed by atoms with E-state index in [-0.39, 0.29) is 0 Å². The maximum atomic E-state index is 5.67. The standard InChI is InChI=1S/C21H24N8/c1-13-7-15(10-25-20(13)29-12-16-8-17(29)11-28(16)2)26-21-23-6-5-18(27-21)14-3-4-19(22)24-9-14/h3-7,9-10,16-17H,8,11-12H2,1-2H3,(H2,22,24)(H,23,26,27). The zero-order valence-corrected chi connectivity index (χ0v) is 16.6. The van der Waals surface area contributed by atoms with Crippen molar-refractivity contribution in [2.45, 2.75) is 25.4 Å². The van der Waals surface area contributed by atoms with E-state index < -0.39 is 0 Å². The number of likely N-dealkylation sites (N-methyl/N-ethyl adjacent to an activating group) is 1. The van der Waals surface area contributed by atoms with Gasteiger partial charge in [0.05, 0.1) is 17.6 Å². The van der Waals surface area contributed by atoms with Crippen LogP contribution in [0.3, 0.4) is 0 Å². The predicted molar refractivity (Wildman–Crippen MR) is 114 cm³/mol. The van der Waals surface area contributed by atoms with Gasteiger partial charge < -0.3 is 16.0 Å². The summed E-state index contributed by atoms with van der Waals surface area (Å²) in [5.41, 5.74) is 9.38. The fourth-order valence-corrected chi connectivity index (χ4v) is 4.33. The number of nitrogens with two attached hydrogens (primary N) is 1. The van der Waals surface area contributed by atoms with Crippen molar-refractivity contribution >= 4 is 23.3 Å². The molecule has 0 aromatic carbocycles. The van der Waals surface area contributed by atoms with Gasteiger partial charge in [-0.1, -0.05) is 0 Å². The van der Waals surface area contributed by atoms with E-state index in [1.165, 1.54) is 6.42 Å². The third-order valence-electron chi connectivity index (χ3n) is 5.83. The summed E-state index contributed by atoms with van der Waals surface area (Å²) in [6, 6.07) is 8.85. The van der Waals surface area contributed by atoms with Gasteiger partial charge in [-0.3, -0.25) is 4.90 Å². The smallest absolute Gasteiger partial charge is 0.227 e. The van der Waals surface area contributed by atoms with E-state index in [9.17, 15) is 0 Å². The fraction of sp³-hybridized carbons (Fsp3) is 0.333. The minimum Gasteiger partial charge on any atom is -0.384 e. The van der Waals surface area contributed by atoms with E-state index in [0.717, 1.165) is 41.4 Å². The molecule has 2 atom stereocenters. The zero-order chi connectivity index (χ0) is 20.0. The molecular formula is C21H24N8. The molecule has 5 heterocycles. The lowest BCUT2D eigenvalue weighted by Gasteiger charge is -2.33. The highest BCUT2D eigenvalue weighted by molar-refractivity contribution is 5.63. The van der Waals surface area contributed by atoms with Crippen LogP contribution >= 0.6 is 0 Å². The van der Waals surface area contributed by atoms with Gasteiger partial charge in [-0.15, -0.1) is 0 Å². The first-order valence-corrected chi connectivity index (χ1v) is 9.82. The Labute approximate surface area is 169 Å². The Kier molecular flexibility index (Phi) is 4.28. The molecule has 3 aromatic heterocycles. The van der Waals surface area contributed by atoms with E-state index in [0.29, 0.717) is 23.8 Å². The number of aryl methyl sites for hydroxylation is 1. The highest BCUT2D eigenvalue weighted by atomic mass is 15.4. The lowest BCUT2D eigenvalue weighted by atomic mass is 10.2. The quantitative estimate of drug-likeness (QED) is 0.704. The number of hydrogen-bond acceptors (Lipinski definition) is 8. The minimum absolute atomic E-state index is 0.487. The summed E-state index contributed by atoms with van der Waals surface area (Å²) in [6.07, 6.45) is 6.54. The Morgan fingerprint density at radius 2 is 1.97 bits per heavy atom. The van der Waals surface area contributed by atoms with Gasteiger partial charge in [0, 0.05) is 43.1 Å². The van der Waals surface area contributed by atoms with E-state index in [1.54, 1.807) is 18.5 Å². The number of fused-ring (bicyclic) bond motifs is 2. The van der Waals surface area contributed by atoms with Gasteiger partial charge in [0.25, 0.3) is 0 Å². The second-order valence-corrected chi connectivity index (χ2v) is 7.86. The Morgan fingerprint density at radius 3 is 2.66 bits per heavy atom. The summed E-state index contributed by atoms with van der Waals surface area (Å²) < 4.78 is 0. The van der Waals surface area contributed by atoms with Crippen molar-refractivity contribution in [3.63, 3.8) is 0 Å². The fourth-order valence-electron chi connectivity index (χ4n) is 4.33. The monoisotopic (exact) mass is 388 g/mol. The molecule has 5 rings (SSSR count). The first-order valence-electron chi connectivity index (χ1n) is 9.82. The van der Waals surface area contributed by atoms with Crippen LogP contribution in [-0.4, -0.2) is 57.1 Å². The second-order valence-electron chi connectivity index (χ2n) is 7.86. The van der Waals surface area contributed by atoms with Crippen LogP contribution in [-0.2, 0) is 0 Å². The summed E-state index contributed by atoms with van der Waals surface area (Å²) >= 11 is 0. The van der Waals surface area contributed by atoms with Gasteiger partial charge in [0.15, 0.2) is 0 Å². The summed E-state index contributed by atoms with van der Waals surface area (Å²) in [5.74, 6) is 2.09. The van der Waals surface area contributed by atoms with E-state index in [4.69, 9.17) is 10.7 Å². The number of nitrogens with zero attached hydrogens (tertiary/aromatic N) is 6. The molecule has 3 aromatic rings. The van der Waals surface area contributed by atoms with Gasteiger partial charge in [-0.2, -0.15) is 0 Å². The second kappa shape index (κ2) is 6.97. The van der Waals surface area contributed by atoms with Crippen LogP contribution in [0.1, 0.15) is 12.0 Å². The number of aromatic nitrogens is 4. The zero-order valence-electron chi connectivity index (χ0n) is 16.6. The van der Waals surface area contributed by atoms with Gasteiger partial charge in [0.2, 0.25) is 5.95 Å². The molecule has 2 unspecified atom stereocenters. The Hall–Kier alpha value is -3.26. The molecule has 8 nitrogen and oxygen atoms in total. The molecule has 2 fully saturated rings. The summed E-state index contributed by atoms with van der Waals surface area (Å²) in [5, 5.41) is 3.27. The maximum absolute atomic E-state index is 5.67. The number of rotatable bonds is 4. The van der Waals surface area contributed by atoms with Crippen LogP contribution in [0.25, 0.3) is 11.3 Å². The Balaban J connectivity index is 1.34. The molecule has 0 spiro atoms. The largest absolute Gasteiger partial charge is 0.384 e. The first-order chi connectivity index (χ1) is 14.1. The summed E-state index contributed by atoms with van der Waals surface area (Å²) in [4.78, 5) is 22.7. The normalized spacial score (nSPS) is 21.0. The van der Waals surface area contributed by atoms with E-state index in [1.807, 2.05) is 18.3 Å². The molecule has 148 valence electrons. The molecule has 2 aliphatic heterocycles. The van der Waals surface area contributed by atoms with Gasteiger partial charge in [-0.05, 0) is 50.2 Å². The van der Waals surface area contributed by atoms with Crippen molar-refractivity contribution < 1.29 is 0 Å². The van der Waals surface area contributed by atoms with Crippen LogP contribution in [0.5, 0.6) is 0 Å². The molecule has 2 aliphatic rings. The number of anilines is 4. The molecule has 8 heteroatoms. The van der Waals surface area contributed by atoms with Gasteiger partial charge in [-0.25, -0.2) is 19.9 Å². The Bertz CT molecular complexity index is 1030. The van der Waals surface area contributed by atoms with Crippen LogP contribution in [0.4, 0.5) is 23.3 Å². The van der Waals surface area contributed by atoms with Crippen molar-refractivity contribution in [3.05, 3.63) is 48.4 Å². The highest BCUT2D eigenvalue weighted by Gasteiger charge is 2.42. The molecule has 0 amide bonds. The average Bonchev–Trinajstić information content (AvgIpc) is 3.28. The van der Waals surface area contributed by atoms with Gasteiger partial charge in [0.1, 0.15) is 11.6 Å². The molecule has 0 aliphatic carbocycles. The lowest BCUT2D eigenvalue weighted by molar-refractivity contribution is 0.292. The van der Waals surface area contributed by atoms with Gasteiger partial charge >= 0.3 is 0 Å². The van der Waals surface area contributed by atoms with Crippen molar-refractivity contribution in [3.8, 4) is 11.3 Å². The minimum atomic E-state index is 0.487. The first kappa shape index (κ1) is 17.8. The third kappa shape index (κ3) is 3.36. The van der Waals surface area contributed by atoms with Crippen LogP contribution in [0, 0.1) is 6.92 Å². The highest BCUT2D eigenvalue weighted by Crippen LogP contribution is 2.34. The Morgan fingerprint density at radius 1 is 1.07 bits per heavy atom. The van der Waals surface area contributed by atoms with Crippen molar-refractivity contribution in [2.75, 3.05) is 36.1 Å². The lowest BCUT2D eigenvalue weighted by Crippen LogP contribution is -2.45. The molecule has 0 radical (unpaired) electrons. The molecule has 0 saturated carbocycles. The summed E-state index contributed by atoms with van der Waals surface area (Å²) in [6.45, 7) is 4.29. The van der Waals surface area contributed by atoms with E-state index in [2.05, 4.69) is 50.1 Å². The number of nitrogen functional groups attached to an aromatic ring is 1. The number of hydrogen-bond donors (Lipinski definition) is 2. The third-order valence-corrected chi connectivity index (χ3v) is 5.83. The topological polar surface area (TPSA) is 96.1 Å². The maximum Gasteiger partial charge on any atom is 0.227 e. The number of pyridine rings is 2. The molecule has 2 bridgehead atoms. The van der Waals surface area contributed by atoms with Crippen LogP contribution in [0.2, 0.25) is 0 Å². The molecule has 2 saturated heterocycles. The predicted octanol–water partition coefficient (Wildman–Crippen LogP) is 2.46. The average molecular weight is 388 g/mol. The van der Waals surface area contributed by atoms with Crippen LogP contribution in [0.15, 0.2) is 42.9 Å². The number of nitrogens with one attached hydrogen (secondary N) is 1. The molecule has 3 N–H and O–H groups in total. The SMILES string of the molecule is Cc1cc(Nc2nccc(-c3ccc(N)nc3)n2)cnc1N1CC2CC1CN2C. The number of likely N-dealkylation sites (tertiary alicyclic amines) is 1. The molecule has 29 heavy (non-hydrogen) atoms. The number of piperazine rings is 1. The van der Waals surface area contributed by atoms with Crippen LogP contribution < -0.4 is 16.0 Å². The molecular weight excluding hydrogens is 364 g/mol. The van der Waals surface area contributed by atoms with Crippen molar-refractivity contribution in [1.29, 1.82) is 0 Å². The summed E-state index contributed by atoms with van der Waals surface area (Å²) in [7, 11) is 2.21. The van der Waals surface area contributed by atoms with E-state index >= 15 is 0 Å².